The molecule has 0 amide bonds. The summed E-state index contributed by atoms with van der Waals surface area (Å²) in [6.45, 7) is 4.29. The Kier molecular flexibility index (Phi) is 4.80. The molecule has 1 fully saturated rings. The van der Waals surface area contributed by atoms with Crippen LogP contribution in [0.4, 0.5) is 0 Å². The van der Waals surface area contributed by atoms with Gasteiger partial charge in [-0.3, -0.25) is 9.05 Å². The predicted molar refractivity (Wildman–Crippen MR) is 58.2 cm³/mol. The maximum absolute atomic E-state index is 11.0. The van der Waals surface area contributed by atoms with Crippen molar-refractivity contribution in [2.45, 2.75) is 32.3 Å². The highest BCUT2D eigenvalue weighted by atomic mass is 31.2. The summed E-state index contributed by atoms with van der Waals surface area (Å²) in [6.07, 6.45) is 0.767. The van der Waals surface area contributed by atoms with Gasteiger partial charge in [0.1, 0.15) is 0 Å². The monoisotopic (exact) mass is 236 g/mol. The number of hydrogen-bond acceptors (Lipinski definition) is 4. The van der Waals surface area contributed by atoms with Crippen molar-refractivity contribution in [3.05, 3.63) is 0 Å². The number of phosphoric ester groups is 1. The van der Waals surface area contributed by atoms with Crippen LogP contribution in [0.15, 0.2) is 0 Å². The normalized spacial score (nSPS) is 35.1. The molecule has 0 saturated carbocycles. The molecule has 1 aliphatic heterocycles. The molecular weight excluding hydrogens is 218 g/mol. The van der Waals surface area contributed by atoms with E-state index in [2.05, 4.69) is 18.3 Å². The van der Waals surface area contributed by atoms with Crippen LogP contribution in [0, 0.1) is 5.92 Å². The highest BCUT2D eigenvalue weighted by Crippen LogP contribution is 2.42. The third-order valence-corrected chi connectivity index (χ3v) is 3.63. The molecule has 1 N–H and O–H groups in total. The Labute approximate surface area is 91.0 Å². The maximum atomic E-state index is 11.0. The van der Waals surface area contributed by atoms with Crippen LogP contribution in [0.3, 0.4) is 0 Å². The molecule has 1 unspecified atom stereocenters. The SMILES string of the molecule is CB[C@@H]1O[C@H](COP(=O)(O)OC)C[C@@H]1C. The zero-order valence-electron chi connectivity index (χ0n) is 9.38. The van der Waals surface area contributed by atoms with Gasteiger partial charge in [-0.2, -0.15) is 0 Å². The molecule has 0 aromatic heterocycles. The lowest BCUT2D eigenvalue weighted by Gasteiger charge is -2.14. The van der Waals surface area contributed by atoms with Crippen molar-refractivity contribution in [3.63, 3.8) is 0 Å². The Balaban J connectivity index is 2.33. The van der Waals surface area contributed by atoms with Gasteiger partial charge in [-0.1, -0.05) is 13.7 Å². The molecule has 1 saturated heterocycles. The van der Waals surface area contributed by atoms with E-state index in [4.69, 9.17) is 14.2 Å². The summed E-state index contributed by atoms with van der Waals surface area (Å²) in [5, 5.41) is 0. The lowest BCUT2D eigenvalue weighted by Crippen LogP contribution is -2.21. The van der Waals surface area contributed by atoms with Gasteiger partial charge in [-0.15, -0.1) is 0 Å². The fourth-order valence-corrected chi connectivity index (χ4v) is 2.30. The fourth-order valence-electron chi connectivity index (χ4n) is 1.84. The number of rotatable bonds is 5. The smallest absolute Gasteiger partial charge is 0.381 e. The maximum Gasteiger partial charge on any atom is 0.472 e. The summed E-state index contributed by atoms with van der Waals surface area (Å²) < 4.78 is 25.8. The largest absolute Gasteiger partial charge is 0.472 e. The third-order valence-electron chi connectivity index (χ3n) is 2.69. The van der Waals surface area contributed by atoms with Gasteiger partial charge in [0, 0.05) is 13.1 Å². The summed E-state index contributed by atoms with van der Waals surface area (Å²) >= 11 is 0. The highest BCUT2D eigenvalue weighted by molar-refractivity contribution is 7.47. The summed E-state index contributed by atoms with van der Waals surface area (Å²) in [4.78, 5) is 9.03. The van der Waals surface area contributed by atoms with Gasteiger partial charge in [0.05, 0.1) is 12.7 Å². The summed E-state index contributed by atoms with van der Waals surface area (Å²) in [6, 6.07) is 0.235. The molecule has 0 aromatic carbocycles. The van der Waals surface area contributed by atoms with Crippen molar-refractivity contribution in [3.8, 4) is 0 Å². The predicted octanol–water partition coefficient (Wildman–Crippen LogP) is 0.985. The first-order valence-electron chi connectivity index (χ1n) is 5.17. The van der Waals surface area contributed by atoms with Crippen LogP contribution in [-0.4, -0.2) is 38.0 Å². The van der Waals surface area contributed by atoms with Gasteiger partial charge in [0.25, 0.3) is 0 Å². The summed E-state index contributed by atoms with van der Waals surface area (Å²) in [5.41, 5.74) is 0. The van der Waals surface area contributed by atoms with E-state index >= 15 is 0 Å². The van der Waals surface area contributed by atoms with E-state index in [-0.39, 0.29) is 18.7 Å². The average Bonchev–Trinajstić information content (AvgIpc) is 2.56. The van der Waals surface area contributed by atoms with Crippen molar-refractivity contribution in [2.24, 2.45) is 5.92 Å². The van der Waals surface area contributed by atoms with Crippen LogP contribution in [-0.2, 0) is 18.3 Å². The van der Waals surface area contributed by atoms with Crippen LogP contribution in [0.25, 0.3) is 0 Å². The lowest BCUT2D eigenvalue weighted by atomic mass is 9.69. The molecule has 15 heavy (non-hydrogen) atoms. The quantitative estimate of drug-likeness (QED) is 0.569. The van der Waals surface area contributed by atoms with Crippen LogP contribution in [0.5, 0.6) is 0 Å². The van der Waals surface area contributed by atoms with Gasteiger partial charge < -0.3 is 9.63 Å². The molecule has 0 bridgehead atoms. The van der Waals surface area contributed by atoms with Crippen molar-refractivity contribution in [2.75, 3.05) is 13.7 Å². The first kappa shape index (κ1) is 13.2. The van der Waals surface area contributed by atoms with Gasteiger partial charge in [-0.05, 0) is 12.3 Å². The molecule has 0 radical (unpaired) electrons. The van der Waals surface area contributed by atoms with Crippen LogP contribution >= 0.6 is 7.82 Å². The van der Waals surface area contributed by atoms with E-state index in [9.17, 15) is 4.57 Å². The van der Waals surface area contributed by atoms with Gasteiger partial charge in [-0.25, -0.2) is 4.57 Å². The Bertz CT molecular complexity index is 249. The van der Waals surface area contributed by atoms with Crippen LogP contribution in [0.1, 0.15) is 13.3 Å². The Morgan fingerprint density at radius 1 is 1.67 bits per heavy atom. The number of ether oxygens (including phenoxy) is 1. The standard InChI is InChI=1S/C8H18BO5P/c1-6-4-7(14-8(6)9-2)5-13-15(10,11)12-3/h6-9H,4-5H2,1-3H3,(H,10,11)/t6-,7-,8+/m0/s1. The Morgan fingerprint density at radius 3 is 2.80 bits per heavy atom. The molecule has 4 atom stereocenters. The minimum Gasteiger partial charge on any atom is -0.381 e. The molecule has 0 spiro atoms. The van der Waals surface area contributed by atoms with Gasteiger partial charge in [0.15, 0.2) is 7.28 Å². The van der Waals surface area contributed by atoms with Crippen LogP contribution in [0.2, 0.25) is 6.82 Å². The molecule has 5 nitrogen and oxygen atoms in total. The van der Waals surface area contributed by atoms with Crippen LogP contribution < -0.4 is 0 Å². The van der Waals surface area contributed by atoms with Gasteiger partial charge >= 0.3 is 7.82 Å². The van der Waals surface area contributed by atoms with Crippen molar-refractivity contribution in [1.29, 1.82) is 0 Å². The molecule has 1 heterocycles. The molecule has 0 aromatic rings. The fraction of sp³-hybridized carbons (Fsp3) is 1.00. The van der Waals surface area contributed by atoms with Crippen molar-refractivity contribution >= 4 is 15.1 Å². The highest BCUT2D eigenvalue weighted by Gasteiger charge is 2.32. The average molecular weight is 236 g/mol. The zero-order valence-corrected chi connectivity index (χ0v) is 10.3. The number of hydrogen-bond donors (Lipinski definition) is 1. The minimum atomic E-state index is -3.85. The Morgan fingerprint density at radius 2 is 2.33 bits per heavy atom. The molecule has 88 valence electrons. The van der Waals surface area contributed by atoms with E-state index in [1.807, 2.05) is 0 Å². The van der Waals surface area contributed by atoms with E-state index in [0.717, 1.165) is 20.8 Å². The Hall–Kier alpha value is 0.135. The summed E-state index contributed by atoms with van der Waals surface area (Å²) in [5.74, 6) is 0.476. The van der Waals surface area contributed by atoms with E-state index in [1.54, 1.807) is 0 Å². The third kappa shape index (κ3) is 3.89. The molecule has 1 aliphatic rings. The van der Waals surface area contributed by atoms with Gasteiger partial charge in [0.2, 0.25) is 0 Å². The van der Waals surface area contributed by atoms with E-state index in [1.165, 1.54) is 0 Å². The molecule has 1 rings (SSSR count). The topological polar surface area (TPSA) is 65.0 Å². The molecule has 7 heteroatoms. The lowest BCUT2D eigenvalue weighted by molar-refractivity contribution is 0.0345. The summed E-state index contributed by atoms with van der Waals surface area (Å²) in [7, 11) is -1.75. The van der Waals surface area contributed by atoms with Crippen molar-refractivity contribution < 1.29 is 23.2 Å². The molecule has 0 aliphatic carbocycles. The van der Waals surface area contributed by atoms with E-state index in [0.29, 0.717) is 5.92 Å². The number of phosphoric acid groups is 1. The zero-order chi connectivity index (χ0) is 11.5. The van der Waals surface area contributed by atoms with E-state index < -0.39 is 7.82 Å². The second kappa shape index (κ2) is 5.46. The minimum absolute atomic E-state index is 0.0967. The second-order valence-corrected chi connectivity index (χ2v) is 5.43. The first-order chi connectivity index (χ1) is 6.98. The molecular formula is C8H18BO5P. The second-order valence-electron chi connectivity index (χ2n) is 3.86. The van der Waals surface area contributed by atoms with Crippen molar-refractivity contribution in [1.82, 2.24) is 0 Å². The first-order valence-corrected chi connectivity index (χ1v) is 6.66.